The maximum absolute atomic E-state index is 12.4. The summed E-state index contributed by atoms with van der Waals surface area (Å²) in [6.07, 6.45) is -2.53. The summed E-state index contributed by atoms with van der Waals surface area (Å²) >= 11 is 3.33. The SMILES string of the molecule is CC(NC(=O)CN(CCO)CC(F)F)c1ccc(Br)cc1. The smallest absolute Gasteiger partial charge is 0.251 e. The highest BCUT2D eigenvalue weighted by atomic mass is 79.9. The third-order valence-corrected chi connectivity index (χ3v) is 3.46. The molecule has 0 aliphatic carbocycles. The molecule has 4 nitrogen and oxygen atoms in total. The largest absolute Gasteiger partial charge is 0.395 e. The summed E-state index contributed by atoms with van der Waals surface area (Å²) in [5.74, 6) is -0.348. The summed E-state index contributed by atoms with van der Waals surface area (Å²) in [5, 5.41) is 11.6. The number of nitrogens with one attached hydrogen (secondary N) is 1. The number of carbonyl (C=O) groups excluding carboxylic acids is 1. The number of aliphatic hydroxyl groups is 1. The van der Waals surface area contributed by atoms with Gasteiger partial charge in [0.15, 0.2) is 0 Å². The van der Waals surface area contributed by atoms with E-state index in [0.717, 1.165) is 10.0 Å². The molecule has 1 rings (SSSR count). The van der Waals surface area contributed by atoms with Gasteiger partial charge in [0.05, 0.1) is 25.7 Å². The normalized spacial score (nSPS) is 12.7. The average Bonchev–Trinajstić information content (AvgIpc) is 2.38. The van der Waals surface area contributed by atoms with Crippen LogP contribution in [0.2, 0.25) is 0 Å². The van der Waals surface area contributed by atoms with Crippen molar-refractivity contribution in [2.24, 2.45) is 0 Å². The number of halogens is 3. The number of hydrogen-bond acceptors (Lipinski definition) is 3. The second-order valence-electron chi connectivity index (χ2n) is 4.69. The predicted molar refractivity (Wildman–Crippen MR) is 80.2 cm³/mol. The molecule has 0 fully saturated rings. The number of alkyl halides is 2. The van der Waals surface area contributed by atoms with Crippen LogP contribution < -0.4 is 5.32 Å². The van der Waals surface area contributed by atoms with Gasteiger partial charge in [-0.1, -0.05) is 28.1 Å². The third-order valence-electron chi connectivity index (χ3n) is 2.93. The van der Waals surface area contributed by atoms with Gasteiger partial charge in [-0.05, 0) is 24.6 Å². The van der Waals surface area contributed by atoms with Crippen LogP contribution in [0.25, 0.3) is 0 Å². The summed E-state index contributed by atoms with van der Waals surface area (Å²) in [6, 6.07) is 7.27. The lowest BCUT2D eigenvalue weighted by atomic mass is 10.1. The first-order valence-corrected chi connectivity index (χ1v) is 7.38. The number of benzene rings is 1. The topological polar surface area (TPSA) is 52.6 Å². The van der Waals surface area contributed by atoms with Crippen molar-refractivity contribution in [1.29, 1.82) is 0 Å². The molecule has 0 aromatic heterocycles. The first-order valence-electron chi connectivity index (χ1n) is 6.58. The predicted octanol–water partition coefficient (Wildman–Crippen LogP) is 2.19. The molecule has 0 heterocycles. The Morgan fingerprint density at radius 2 is 2.00 bits per heavy atom. The average molecular weight is 365 g/mol. The van der Waals surface area contributed by atoms with E-state index in [-0.39, 0.29) is 31.6 Å². The van der Waals surface area contributed by atoms with Crippen LogP contribution in [0.4, 0.5) is 8.78 Å². The van der Waals surface area contributed by atoms with E-state index in [4.69, 9.17) is 5.11 Å². The van der Waals surface area contributed by atoms with Crippen molar-refractivity contribution < 1.29 is 18.7 Å². The fraction of sp³-hybridized carbons (Fsp3) is 0.500. The summed E-state index contributed by atoms with van der Waals surface area (Å²) in [7, 11) is 0. The van der Waals surface area contributed by atoms with Gasteiger partial charge in [-0.3, -0.25) is 9.69 Å². The fourth-order valence-electron chi connectivity index (χ4n) is 1.90. The minimum Gasteiger partial charge on any atom is -0.395 e. The van der Waals surface area contributed by atoms with Gasteiger partial charge < -0.3 is 10.4 Å². The maximum Gasteiger partial charge on any atom is 0.251 e. The Morgan fingerprint density at radius 1 is 1.38 bits per heavy atom. The molecule has 21 heavy (non-hydrogen) atoms. The van der Waals surface area contributed by atoms with E-state index in [1.54, 1.807) is 0 Å². The van der Waals surface area contributed by atoms with Crippen LogP contribution in [0.1, 0.15) is 18.5 Å². The van der Waals surface area contributed by atoms with Crippen molar-refractivity contribution in [3.8, 4) is 0 Å². The molecule has 118 valence electrons. The van der Waals surface area contributed by atoms with Crippen molar-refractivity contribution in [3.63, 3.8) is 0 Å². The highest BCUT2D eigenvalue weighted by Crippen LogP contribution is 2.16. The van der Waals surface area contributed by atoms with E-state index >= 15 is 0 Å². The van der Waals surface area contributed by atoms with Crippen LogP contribution in [0.15, 0.2) is 28.7 Å². The van der Waals surface area contributed by atoms with E-state index in [0.29, 0.717) is 0 Å². The van der Waals surface area contributed by atoms with Gasteiger partial charge >= 0.3 is 0 Å². The molecule has 0 saturated heterocycles. The van der Waals surface area contributed by atoms with E-state index in [2.05, 4.69) is 21.2 Å². The van der Waals surface area contributed by atoms with Crippen LogP contribution in [0.5, 0.6) is 0 Å². The number of rotatable bonds is 8. The van der Waals surface area contributed by atoms with Crippen LogP contribution in [-0.4, -0.2) is 48.6 Å². The highest BCUT2D eigenvalue weighted by Gasteiger charge is 2.16. The van der Waals surface area contributed by atoms with Crippen molar-refractivity contribution in [1.82, 2.24) is 10.2 Å². The van der Waals surface area contributed by atoms with E-state index in [9.17, 15) is 13.6 Å². The molecule has 0 bridgehead atoms. The fourth-order valence-corrected chi connectivity index (χ4v) is 2.16. The molecular weight excluding hydrogens is 346 g/mol. The lowest BCUT2D eigenvalue weighted by Gasteiger charge is -2.22. The van der Waals surface area contributed by atoms with Crippen LogP contribution in [0, 0.1) is 0 Å². The second-order valence-corrected chi connectivity index (χ2v) is 5.61. The second kappa shape index (κ2) is 9.07. The molecule has 1 atom stereocenters. The van der Waals surface area contributed by atoms with Crippen LogP contribution >= 0.6 is 15.9 Å². The zero-order valence-corrected chi connectivity index (χ0v) is 13.3. The van der Waals surface area contributed by atoms with Gasteiger partial charge in [-0.15, -0.1) is 0 Å². The summed E-state index contributed by atoms with van der Waals surface area (Å²) in [4.78, 5) is 13.1. The Kier molecular flexibility index (Phi) is 7.77. The number of carbonyl (C=O) groups is 1. The van der Waals surface area contributed by atoms with Crippen molar-refractivity contribution in [3.05, 3.63) is 34.3 Å². The minimum atomic E-state index is -2.53. The van der Waals surface area contributed by atoms with Gasteiger partial charge in [0.1, 0.15) is 0 Å². The molecule has 2 N–H and O–H groups in total. The number of nitrogens with zero attached hydrogens (tertiary/aromatic N) is 1. The Balaban J connectivity index is 2.52. The van der Waals surface area contributed by atoms with Gasteiger partial charge in [0, 0.05) is 11.0 Å². The van der Waals surface area contributed by atoms with E-state index in [1.807, 2.05) is 31.2 Å². The maximum atomic E-state index is 12.4. The zero-order chi connectivity index (χ0) is 15.8. The molecule has 1 aromatic rings. The van der Waals surface area contributed by atoms with Crippen molar-refractivity contribution in [2.75, 3.05) is 26.2 Å². The molecule has 0 spiro atoms. The summed E-state index contributed by atoms with van der Waals surface area (Å²) in [6.45, 7) is 0.920. The molecule has 0 saturated carbocycles. The lowest BCUT2D eigenvalue weighted by Crippen LogP contribution is -2.41. The van der Waals surface area contributed by atoms with Crippen LogP contribution in [0.3, 0.4) is 0 Å². The third kappa shape index (κ3) is 6.97. The quantitative estimate of drug-likeness (QED) is 0.743. The first-order chi connectivity index (χ1) is 9.92. The molecule has 0 aliphatic rings. The molecular formula is C14H19BrF2N2O2. The van der Waals surface area contributed by atoms with Crippen molar-refractivity contribution in [2.45, 2.75) is 19.4 Å². The Bertz CT molecular complexity index is 443. The Hall–Kier alpha value is -1.05. The van der Waals surface area contributed by atoms with Gasteiger partial charge in [0.2, 0.25) is 5.91 Å². The van der Waals surface area contributed by atoms with Gasteiger partial charge in [-0.2, -0.15) is 0 Å². The summed E-state index contributed by atoms with van der Waals surface area (Å²) < 4.78 is 25.7. The monoisotopic (exact) mass is 364 g/mol. The molecule has 0 aliphatic heterocycles. The Morgan fingerprint density at radius 3 is 2.52 bits per heavy atom. The summed E-state index contributed by atoms with van der Waals surface area (Å²) in [5.41, 5.74) is 0.925. The molecule has 1 amide bonds. The van der Waals surface area contributed by atoms with Gasteiger partial charge in [0.25, 0.3) is 6.43 Å². The number of aliphatic hydroxyl groups excluding tert-OH is 1. The minimum absolute atomic E-state index is 0.0461. The first kappa shape index (κ1) is 18.0. The van der Waals surface area contributed by atoms with Crippen molar-refractivity contribution >= 4 is 21.8 Å². The molecule has 1 unspecified atom stereocenters. The Labute approximate surface area is 131 Å². The number of hydrogen-bond donors (Lipinski definition) is 2. The number of amides is 1. The molecule has 1 aromatic carbocycles. The molecule has 0 radical (unpaired) electrons. The van der Waals surface area contributed by atoms with Gasteiger partial charge in [-0.25, -0.2) is 8.78 Å². The zero-order valence-electron chi connectivity index (χ0n) is 11.7. The van der Waals surface area contributed by atoms with Crippen LogP contribution in [-0.2, 0) is 4.79 Å². The molecule has 7 heteroatoms. The highest BCUT2D eigenvalue weighted by molar-refractivity contribution is 9.10. The standard InChI is InChI=1S/C14H19BrF2N2O2/c1-10(11-2-4-12(15)5-3-11)18-14(21)9-19(6-7-20)8-13(16)17/h2-5,10,13,20H,6-9H2,1H3,(H,18,21). The van der Waals surface area contributed by atoms with E-state index < -0.39 is 13.0 Å². The van der Waals surface area contributed by atoms with E-state index in [1.165, 1.54) is 4.90 Å². The lowest BCUT2D eigenvalue weighted by molar-refractivity contribution is -0.123.